The largest absolute Gasteiger partial charge is 0.325 e. The van der Waals surface area contributed by atoms with Gasteiger partial charge in [0.15, 0.2) is 0 Å². The lowest BCUT2D eigenvalue weighted by Gasteiger charge is -2.34. The van der Waals surface area contributed by atoms with Crippen LogP contribution in [0, 0.1) is 5.92 Å². The molecule has 108 valence electrons. The number of imide groups is 1. The predicted octanol–water partition coefficient (Wildman–Crippen LogP) is 1.56. The number of urea groups is 1. The molecule has 1 aromatic rings. The van der Waals surface area contributed by atoms with Crippen LogP contribution in [0.5, 0.6) is 0 Å². The Morgan fingerprint density at radius 3 is 2.80 bits per heavy atom. The molecule has 2 aliphatic rings. The van der Waals surface area contributed by atoms with Gasteiger partial charge in [-0.25, -0.2) is 4.79 Å². The summed E-state index contributed by atoms with van der Waals surface area (Å²) in [6, 6.07) is 1.69. The highest BCUT2D eigenvalue weighted by molar-refractivity contribution is 7.07. The second-order valence-corrected chi connectivity index (χ2v) is 6.46. The molecule has 3 amide bonds. The Labute approximate surface area is 122 Å². The van der Waals surface area contributed by atoms with Crippen LogP contribution in [0.15, 0.2) is 16.8 Å². The van der Waals surface area contributed by atoms with Crippen LogP contribution < -0.4 is 10.6 Å². The molecule has 0 radical (unpaired) electrons. The molecule has 2 N–H and O–H groups in total. The van der Waals surface area contributed by atoms with E-state index in [1.54, 1.807) is 11.3 Å². The van der Waals surface area contributed by atoms with Crippen molar-refractivity contribution in [1.82, 2.24) is 15.5 Å². The molecule has 2 saturated heterocycles. The van der Waals surface area contributed by atoms with Crippen LogP contribution in [-0.2, 0) is 11.3 Å². The van der Waals surface area contributed by atoms with Gasteiger partial charge < -0.3 is 10.6 Å². The van der Waals surface area contributed by atoms with Gasteiger partial charge in [-0.05, 0) is 61.2 Å². The Hall–Kier alpha value is -1.40. The maximum Gasteiger partial charge on any atom is 0.325 e. The minimum Gasteiger partial charge on any atom is -0.323 e. The predicted molar refractivity (Wildman–Crippen MR) is 77.4 cm³/mol. The van der Waals surface area contributed by atoms with Gasteiger partial charge in [0.2, 0.25) is 0 Å². The lowest BCUT2D eigenvalue weighted by Crippen LogP contribution is -2.53. The molecule has 2 aliphatic heterocycles. The smallest absolute Gasteiger partial charge is 0.323 e. The summed E-state index contributed by atoms with van der Waals surface area (Å²) < 4.78 is 0. The maximum atomic E-state index is 12.7. The first kappa shape index (κ1) is 13.6. The first-order valence-electron chi connectivity index (χ1n) is 6.97. The molecule has 3 heterocycles. The molecule has 0 aliphatic carbocycles. The fourth-order valence-corrected chi connectivity index (χ4v) is 3.76. The summed E-state index contributed by atoms with van der Waals surface area (Å²) in [6.07, 6.45) is 1.85. The zero-order chi connectivity index (χ0) is 14.2. The summed E-state index contributed by atoms with van der Waals surface area (Å²) in [5, 5.41) is 10.1. The minimum absolute atomic E-state index is 0.0828. The van der Waals surface area contributed by atoms with E-state index in [0.717, 1.165) is 31.5 Å². The van der Waals surface area contributed by atoms with Crippen LogP contribution in [0.3, 0.4) is 0 Å². The van der Waals surface area contributed by atoms with E-state index in [4.69, 9.17) is 0 Å². The molecule has 1 atom stereocenters. The molecule has 1 aromatic heterocycles. The van der Waals surface area contributed by atoms with Crippen LogP contribution in [0.25, 0.3) is 0 Å². The first-order chi connectivity index (χ1) is 9.61. The zero-order valence-corrected chi connectivity index (χ0v) is 12.3. The van der Waals surface area contributed by atoms with E-state index in [0.29, 0.717) is 6.54 Å². The van der Waals surface area contributed by atoms with Gasteiger partial charge >= 0.3 is 6.03 Å². The molecule has 6 heteroatoms. The van der Waals surface area contributed by atoms with Gasteiger partial charge in [-0.3, -0.25) is 9.69 Å². The summed E-state index contributed by atoms with van der Waals surface area (Å²) in [5.74, 6) is 0.133. The molecule has 0 bridgehead atoms. The number of carbonyl (C=O) groups excluding carboxylic acids is 2. The highest BCUT2D eigenvalue weighted by Crippen LogP contribution is 2.32. The van der Waals surface area contributed by atoms with Crippen LogP contribution in [0.4, 0.5) is 4.79 Å². The fourth-order valence-electron chi connectivity index (χ4n) is 3.10. The number of nitrogens with zero attached hydrogens (tertiary/aromatic N) is 1. The number of hydrogen-bond acceptors (Lipinski definition) is 4. The normalized spacial score (nSPS) is 27.9. The number of rotatable bonds is 3. The molecule has 0 aromatic carbocycles. The van der Waals surface area contributed by atoms with Crippen molar-refractivity contribution in [2.24, 2.45) is 5.92 Å². The van der Waals surface area contributed by atoms with Gasteiger partial charge in [-0.1, -0.05) is 0 Å². The number of carbonyl (C=O) groups is 2. The molecule has 3 rings (SSSR count). The molecule has 5 nitrogen and oxygen atoms in total. The third-order valence-corrected chi connectivity index (χ3v) is 5.11. The third-order valence-electron chi connectivity index (χ3n) is 4.38. The lowest BCUT2D eigenvalue weighted by molar-refractivity contribution is -0.133. The van der Waals surface area contributed by atoms with Crippen molar-refractivity contribution in [3.63, 3.8) is 0 Å². The van der Waals surface area contributed by atoms with Crippen molar-refractivity contribution in [2.45, 2.75) is 31.8 Å². The number of nitrogens with one attached hydrogen (secondary N) is 2. The summed E-state index contributed by atoms with van der Waals surface area (Å²) in [5.41, 5.74) is 0.267. The van der Waals surface area contributed by atoms with Crippen molar-refractivity contribution >= 4 is 23.3 Å². The molecule has 2 fully saturated rings. The average Bonchev–Trinajstić information content (AvgIpc) is 3.04. The van der Waals surface area contributed by atoms with E-state index in [9.17, 15) is 9.59 Å². The monoisotopic (exact) mass is 293 g/mol. The molecule has 0 saturated carbocycles. The summed E-state index contributed by atoms with van der Waals surface area (Å²) in [4.78, 5) is 26.2. The summed E-state index contributed by atoms with van der Waals surface area (Å²) >= 11 is 1.58. The van der Waals surface area contributed by atoms with Gasteiger partial charge in [0, 0.05) is 0 Å². The lowest BCUT2D eigenvalue weighted by atomic mass is 9.79. The zero-order valence-electron chi connectivity index (χ0n) is 11.5. The van der Waals surface area contributed by atoms with E-state index < -0.39 is 5.54 Å². The number of piperidine rings is 1. The Bertz CT molecular complexity index is 510. The summed E-state index contributed by atoms with van der Waals surface area (Å²) in [7, 11) is 0. The van der Waals surface area contributed by atoms with Gasteiger partial charge in [0.05, 0.1) is 6.54 Å². The van der Waals surface area contributed by atoms with Gasteiger partial charge in [0.25, 0.3) is 5.91 Å². The van der Waals surface area contributed by atoms with E-state index in [1.165, 1.54) is 4.90 Å². The van der Waals surface area contributed by atoms with E-state index in [1.807, 2.05) is 23.8 Å². The van der Waals surface area contributed by atoms with Crippen LogP contribution in [-0.4, -0.2) is 35.5 Å². The molecule has 0 spiro atoms. The Balaban J connectivity index is 1.78. The number of thiophene rings is 1. The SMILES string of the molecule is CC1(C2CCNCC2)NC(=O)N(Cc2ccsc2)C1=O. The Kier molecular flexibility index (Phi) is 3.52. The molecular formula is C14H19N3O2S. The van der Waals surface area contributed by atoms with Crippen molar-refractivity contribution in [1.29, 1.82) is 0 Å². The van der Waals surface area contributed by atoms with Gasteiger partial charge in [-0.2, -0.15) is 11.3 Å². The third kappa shape index (κ3) is 2.23. The Morgan fingerprint density at radius 1 is 1.40 bits per heavy atom. The summed E-state index contributed by atoms with van der Waals surface area (Å²) in [6.45, 7) is 4.06. The van der Waals surface area contributed by atoms with Crippen molar-refractivity contribution < 1.29 is 9.59 Å². The van der Waals surface area contributed by atoms with Crippen LogP contribution >= 0.6 is 11.3 Å². The molecular weight excluding hydrogens is 274 g/mol. The maximum absolute atomic E-state index is 12.7. The van der Waals surface area contributed by atoms with E-state index in [-0.39, 0.29) is 17.9 Å². The van der Waals surface area contributed by atoms with Crippen LogP contribution in [0.1, 0.15) is 25.3 Å². The van der Waals surface area contributed by atoms with Crippen molar-refractivity contribution in [2.75, 3.05) is 13.1 Å². The topological polar surface area (TPSA) is 61.4 Å². The Morgan fingerprint density at radius 2 is 2.15 bits per heavy atom. The highest BCUT2D eigenvalue weighted by Gasteiger charge is 2.52. The molecule has 1 unspecified atom stereocenters. The van der Waals surface area contributed by atoms with Gasteiger partial charge in [0.1, 0.15) is 5.54 Å². The molecule has 20 heavy (non-hydrogen) atoms. The second kappa shape index (κ2) is 5.18. The first-order valence-corrected chi connectivity index (χ1v) is 7.91. The van der Waals surface area contributed by atoms with E-state index in [2.05, 4.69) is 10.6 Å². The minimum atomic E-state index is -0.741. The highest BCUT2D eigenvalue weighted by atomic mass is 32.1. The van der Waals surface area contributed by atoms with Crippen LogP contribution in [0.2, 0.25) is 0 Å². The van der Waals surface area contributed by atoms with Gasteiger partial charge in [-0.15, -0.1) is 0 Å². The van der Waals surface area contributed by atoms with E-state index >= 15 is 0 Å². The standard InChI is InChI=1S/C14H19N3O2S/c1-14(11-2-5-15-6-3-11)12(18)17(13(19)16-14)8-10-4-7-20-9-10/h4,7,9,11,15H,2-3,5-6,8H2,1H3,(H,16,19). The van der Waals surface area contributed by atoms with Crippen molar-refractivity contribution in [3.05, 3.63) is 22.4 Å². The van der Waals surface area contributed by atoms with Crippen molar-refractivity contribution in [3.8, 4) is 0 Å². The number of hydrogen-bond donors (Lipinski definition) is 2. The second-order valence-electron chi connectivity index (χ2n) is 5.68. The number of amides is 3. The fraction of sp³-hybridized carbons (Fsp3) is 0.571. The average molecular weight is 293 g/mol. The quantitative estimate of drug-likeness (QED) is 0.831.